The second-order valence-electron chi connectivity index (χ2n) is 33.6. The zero-order valence-corrected chi connectivity index (χ0v) is 99.3. The molecule has 20 N–H and O–H groups in total. The van der Waals surface area contributed by atoms with Gasteiger partial charge in [0, 0.05) is 49.2 Å². The maximum absolute atomic E-state index is 12.2. The summed E-state index contributed by atoms with van der Waals surface area (Å²) in [5, 5.41) is 95.9. The van der Waals surface area contributed by atoms with Gasteiger partial charge in [-0.1, -0.05) is 160 Å². The molecule has 0 spiro atoms. The Hall–Kier alpha value is -10.9. The number of thiazole rings is 1. The summed E-state index contributed by atoms with van der Waals surface area (Å²) in [7, 11) is -8.92. The summed E-state index contributed by atoms with van der Waals surface area (Å²) in [5.74, 6) is 3.07. The van der Waals surface area contributed by atoms with Crippen LogP contribution in [0, 0.1) is 46.8 Å². The van der Waals surface area contributed by atoms with Gasteiger partial charge in [-0.2, -0.15) is 40.2 Å². The molecular formula is C88H124N31NaO15S10Si4. The SMILES string of the molecule is CC(C[Si](C)(O[Si](C)(C)C)O[Si](C)(C)O[Si](C)(C)C)c1ccccc1.CCCCC(CC)C(=O)Nc1ccc2[nH]c(=S)[nH]c2c1.CNC(=O)Nc1cccc(-n2[nH]nnc2=S)c1.CNCCCNc1nc(C)nc(NCCO)n1.CSc1n[nH]c(=S)s1.Cc1cc(=O)n2[nH]cnc2n1.O=S(=O)([O-])c1cccc(-n2[nH]nnc2=S)c1.ONOO.Oc1ccc(O)cc1.S=c1[nH]c2ccccc2s1.S=c1nn[nH]n1-c1ccccc1.[Na+]. The number of rotatable bonds is 30. The average molecular weight is 2310 g/mol. The fourth-order valence-electron chi connectivity index (χ4n) is 13.0. The van der Waals surface area contributed by atoms with E-state index in [0.29, 0.717) is 67.3 Å². The number of anilines is 4. The van der Waals surface area contributed by atoms with E-state index in [0.717, 1.165) is 103 Å². The Bertz CT molecular complexity index is 7210. The molecule has 9 heterocycles. The molecule has 7 aromatic carbocycles. The van der Waals surface area contributed by atoms with Crippen LogP contribution >= 0.6 is 108 Å². The number of hydrogen-bond donors (Lipinski definition) is 20. The number of urea groups is 1. The number of aromatic nitrogens is 24. The van der Waals surface area contributed by atoms with Crippen LogP contribution in [0.5, 0.6) is 11.5 Å². The number of aryl methyl sites for hydroxylation is 2. The topological polar surface area (TPSA) is 631 Å². The number of tetrazole rings is 3. The number of thioether (sulfide) groups is 1. The number of aliphatic hydroxyl groups excluding tert-OH is 1. The number of hydrogen-bond acceptors (Lipinski definition) is 40. The maximum Gasteiger partial charge on any atom is 1.00 e. The number of aliphatic hydroxyl groups is 1. The van der Waals surface area contributed by atoms with Gasteiger partial charge >= 0.3 is 52.7 Å². The monoisotopic (exact) mass is 2310 g/mol. The van der Waals surface area contributed by atoms with E-state index >= 15 is 0 Å². The Kier molecular flexibility index (Phi) is 56.9. The summed E-state index contributed by atoms with van der Waals surface area (Å²) < 4.78 is 63.4. The first-order valence-electron chi connectivity index (χ1n) is 45.3. The van der Waals surface area contributed by atoms with Crippen molar-refractivity contribution in [3.63, 3.8) is 0 Å². The van der Waals surface area contributed by atoms with Gasteiger partial charge < -0.3 is 79.1 Å². The molecule has 16 aromatic rings. The molecule has 798 valence electrons. The number of nitrogens with zero attached hydrogens (tertiary/aromatic N) is 16. The first-order valence-corrected chi connectivity index (χ1v) is 64.2. The number of phenolic OH excluding ortho intramolecular Hbond substituents is 2. The van der Waals surface area contributed by atoms with Gasteiger partial charge in [-0.3, -0.25) is 25.0 Å². The van der Waals surface area contributed by atoms with Crippen molar-refractivity contribution >= 4 is 214 Å². The standard InChI is InChI=1S/C18H38O3Si4.C15H21N3OS.C10H20N6O.C9H10N6OS.C7H6N4O3S2.C7H6N4S.C7H5NS2.C6H6N4O.C6H6O2.C3H4N2S3.H3NO3.Na/c1-17(18-14-12-11-13-15-18)16-25(10,20-23(5,6)7)21-24(8,9)19-22(2,3)4;1-3-5-6-10(4-2)14(19)16-11-7-8-12-13(9-11)18-15(20)17-12;1-8-14-9(12-5-3-4-11-2)16-10(15-8)13-6-7-17;1-10-8(16)11-6-3-2-4-7(5-6)15-9(17)12-13-14-15;12-16(13,14)6-3-1-2-5(4-6)11-7(15)8-9-10-11;12-7-8-9-10-11(7)6-4-2-1-3-5-6;9-7-8-5-3-1-2-4-6(5)10-7;1-4-2-5(11)10-6(9-4)7-3-8-10;7-5-1-2-6(8)4-3-5;1-7-3-5-4-2(6)8-3;2-1-4-3;/h11-15,17H,16H2,1-10H3;7-10H,3-6H2,1-2H3,(H,16,19)(H2,17,18,20);11,17H,3-7H2,1-2H3,(H2,12,13,14,15,16);2-5H,1H3,(H2,10,11,16)(H,12,14,17);1-4H,(H,8,10,15)(H,12,13,14);1-5H,(H,8,10,12);1-4H,(H,8,9);2-3H,1H3,(H,7,8,9);1-4,7-8H;1H3,(H,4,6);1-3H;/q;;;;;;;;;;;+1/p-1. The Labute approximate surface area is 929 Å². The molecule has 9 aromatic heterocycles. The van der Waals surface area contributed by atoms with Crippen molar-refractivity contribution in [2.24, 2.45) is 5.92 Å². The molecule has 3 amide bonds. The molecule has 0 aliphatic rings. The molecule has 149 heavy (non-hydrogen) atoms. The van der Waals surface area contributed by atoms with E-state index in [4.69, 9.17) is 111 Å². The number of amides is 3. The fraction of sp³-hybridized carbons (Fsp3) is 0.330. The number of aromatic hydroxyl groups is 2. The average Bonchev–Trinajstić information content (AvgIpc) is 1.80. The first-order chi connectivity index (χ1) is 70.2. The van der Waals surface area contributed by atoms with Crippen molar-refractivity contribution in [1.29, 1.82) is 0 Å². The number of carbonyl (C=O) groups is 2. The number of imidazole rings is 1. The van der Waals surface area contributed by atoms with E-state index in [9.17, 15) is 27.4 Å². The van der Waals surface area contributed by atoms with Gasteiger partial charge in [-0.05, 0) is 311 Å². The Morgan fingerprint density at radius 1 is 0.604 bits per heavy atom. The van der Waals surface area contributed by atoms with Gasteiger partial charge in [0.15, 0.2) is 33.7 Å². The summed E-state index contributed by atoms with van der Waals surface area (Å²) in [6.07, 6.45) is 8.45. The Morgan fingerprint density at radius 3 is 1.66 bits per heavy atom. The number of benzene rings is 7. The minimum absolute atomic E-state index is 0. The Balaban J connectivity index is 0.000000294. The van der Waals surface area contributed by atoms with Crippen molar-refractivity contribution in [3.8, 4) is 28.6 Å². The summed E-state index contributed by atoms with van der Waals surface area (Å²) in [6, 6.07) is 54.6. The van der Waals surface area contributed by atoms with E-state index in [-0.39, 0.29) is 80.7 Å². The molecule has 0 radical (unpaired) electrons. The van der Waals surface area contributed by atoms with Crippen LogP contribution in [0.3, 0.4) is 0 Å². The molecule has 3 unspecified atom stereocenters. The van der Waals surface area contributed by atoms with Gasteiger partial charge in [0.2, 0.25) is 32.1 Å². The number of para-hydroxylation sites is 2. The van der Waals surface area contributed by atoms with Crippen LogP contribution in [0.4, 0.5) is 28.1 Å². The number of nitrogens with one attached hydrogen (secondary N) is 15. The van der Waals surface area contributed by atoms with E-state index in [1.807, 2.05) is 93.0 Å². The third kappa shape index (κ3) is 48.9. The Morgan fingerprint density at radius 2 is 1.15 bits per heavy atom. The van der Waals surface area contributed by atoms with Crippen LogP contribution in [0.25, 0.3) is 44.1 Å². The summed E-state index contributed by atoms with van der Waals surface area (Å²) in [6.45, 7) is 32.4. The molecule has 3 atom stereocenters. The predicted octanol–water partition coefficient (Wildman–Crippen LogP) is 15.0. The van der Waals surface area contributed by atoms with Crippen LogP contribution in [0.1, 0.15) is 75.9 Å². The minimum Gasteiger partial charge on any atom is -0.744 e. The number of phenols is 2. The normalized spacial score (nSPS) is 11.6. The van der Waals surface area contributed by atoms with Gasteiger partial charge in [-0.25, -0.2) is 42.5 Å². The second kappa shape index (κ2) is 66.0. The molecule has 0 fully saturated rings. The van der Waals surface area contributed by atoms with E-state index in [2.05, 4.69) is 255 Å². The van der Waals surface area contributed by atoms with Crippen LogP contribution in [0.15, 0.2) is 202 Å². The van der Waals surface area contributed by atoms with Crippen LogP contribution in [-0.4, -0.2) is 251 Å². The molecule has 61 heteroatoms. The third-order valence-electron chi connectivity index (χ3n) is 18.8. The molecular weight excluding hydrogens is 2190 g/mol. The number of fused-ring (bicyclic) bond motifs is 3. The van der Waals surface area contributed by atoms with E-state index in [1.165, 1.54) is 90.3 Å². The minimum atomic E-state index is -4.48. The van der Waals surface area contributed by atoms with Gasteiger partial charge in [0.25, 0.3) is 11.3 Å². The zero-order valence-electron chi connectivity index (χ0n) is 85.2. The zero-order chi connectivity index (χ0) is 109. The van der Waals surface area contributed by atoms with Crippen molar-refractivity contribution in [1.82, 2.24) is 137 Å². The van der Waals surface area contributed by atoms with Crippen molar-refractivity contribution in [2.75, 3.05) is 67.9 Å². The molecule has 46 nitrogen and oxygen atoms in total. The molecule has 0 saturated heterocycles. The van der Waals surface area contributed by atoms with Crippen LogP contribution in [0.2, 0.25) is 65.0 Å². The van der Waals surface area contributed by atoms with Crippen LogP contribution < -0.4 is 72.7 Å². The van der Waals surface area contributed by atoms with E-state index in [1.54, 1.807) is 66.0 Å². The first kappa shape index (κ1) is 129. The van der Waals surface area contributed by atoms with E-state index < -0.39 is 43.9 Å². The number of aromatic amines is 8. The molecule has 16 rings (SSSR count). The molecule has 0 saturated carbocycles. The van der Waals surface area contributed by atoms with Gasteiger partial charge in [-0.15, -0.1) is 16.3 Å². The second-order valence-corrected chi connectivity index (χ2v) is 57.3. The number of carbonyl (C=O) groups excluding carboxylic acids is 2. The van der Waals surface area contributed by atoms with Gasteiger partial charge in [0.05, 0.1) is 49.8 Å². The molecule has 0 bridgehead atoms. The quantitative estimate of drug-likeness (QED) is 0.00290. The van der Waals surface area contributed by atoms with Crippen molar-refractivity contribution < 1.29 is 95.2 Å². The smallest absolute Gasteiger partial charge is 0.744 e. The van der Waals surface area contributed by atoms with Crippen molar-refractivity contribution in [3.05, 3.63) is 243 Å². The third-order valence-corrected chi connectivity index (χ3v) is 37.5. The summed E-state index contributed by atoms with van der Waals surface area (Å²) in [5.41, 5.74) is 9.41. The largest absolute Gasteiger partial charge is 1.00 e. The van der Waals surface area contributed by atoms with Gasteiger partial charge in [0.1, 0.15) is 33.8 Å². The number of unbranched alkanes of at least 4 members (excludes halogenated alkanes) is 1. The molecule has 0 aliphatic carbocycles. The predicted molar refractivity (Wildman–Crippen MR) is 600 cm³/mol. The maximum atomic E-state index is 12.2. The molecule has 0 aliphatic heterocycles. The van der Waals surface area contributed by atoms with Crippen LogP contribution in [-0.2, 0) is 32.2 Å². The fourth-order valence-corrected chi connectivity index (χ4v) is 35.3. The number of H-pyrrole nitrogens is 8. The summed E-state index contributed by atoms with van der Waals surface area (Å²) >= 11 is 34.3. The summed E-state index contributed by atoms with van der Waals surface area (Å²) in [4.78, 5) is 66.6. The van der Waals surface area contributed by atoms with Crippen molar-refractivity contribution in [2.45, 2.75) is 147 Å².